The van der Waals surface area contributed by atoms with Gasteiger partial charge in [-0.1, -0.05) is 82.5 Å². The lowest BCUT2D eigenvalue weighted by Gasteiger charge is -2.15. The molecule has 1 heterocycles. The van der Waals surface area contributed by atoms with Crippen LogP contribution in [0, 0.1) is 0 Å². The molecule has 5 nitrogen and oxygen atoms in total. The summed E-state index contributed by atoms with van der Waals surface area (Å²) >= 11 is 30.5. The van der Waals surface area contributed by atoms with E-state index < -0.39 is 0 Å². The van der Waals surface area contributed by atoms with Crippen LogP contribution in [0.5, 0.6) is 5.75 Å². The molecule has 35 heavy (non-hydrogen) atoms. The topological polar surface area (TPSA) is 58.6 Å². The second-order valence-electron chi connectivity index (χ2n) is 7.15. The quantitative estimate of drug-likeness (QED) is 0.238. The average Bonchev–Trinajstić information content (AvgIpc) is 3.09. The van der Waals surface area contributed by atoms with Gasteiger partial charge < -0.3 is 10.1 Å². The number of nitrogens with zero attached hydrogens (tertiary/aromatic N) is 1. The van der Waals surface area contributed by atoms with E-state index in [9.17, 15) is 9.59 Å². The minimum Gasteiger partial charge on any atom is -0.484 e. The molecule has 0 atom stereocenters. The SMILES string of the molecule is O=C(COc1cccc(/C=C2\SC(=S)N(c3ccc(Cl)c(Cl)c3)C2=O)c1)Nc1ccc(Cl)c(Cl)c1. The van der Waals surface area contributed by atoms with Crippen LogP contribution in [0.3, 0.4) is 0 Å². The first kappa shape index (κ1) is 25.8. The number of thiocarbonyl (C=S) groups is 1. The third-order valence-corrected chi connectivity index (χ3v) is 7.46. The summed E-state index contributed by atoms with van der Waals surface area (Å²) in [6, 6.07) is 16.7. The number of amides is 2. The van der Waals surface area contributed by atoms with Crippen molar-refractivity contribution in [2.75, 3.05) is 16.8 Å². The molecule has 0 unspecified atom stereocenters. The van der Waals surface area contributed by atoms with Crippen LogP contribution in [0.15, 0.2) is 65.6 Å². The van der Waals surface area contributed by atoms with E-state index >= 15 is 0 Å². The predicted molar refractivity (Wildman–Crippen MR) is 149 cm³/mol. The van der Waals surface area contributed by atoms with Gasteiger partial charge in [0.15, 0.2) is 10.9 Å². The molecule has 1 aliphatic rings. The summed E-state index contributed by atoms with van der Waals surface area (Å²) in [6.07, 6.45) is 1.71. The highest BCUT2D eigenvalue weighted by molar-refractivity contribution is 8.27. The van der Waals surface area contributed by atoms with Gasteiger partial charge in [-0.25, -0.2) is 0 Å². The summed E-state index contributed by atoms with van der Waals surface area (Å²) in [5.41, 5.74) is 1.75. The van der Waals surface area contributed by atoms with Crippen molar-refractivity contribution in [3.8, 4) is 5.75 Å². The Kier molecular flexibility index (Phi) is 8.27. The first-order valence-electron chi connectivity index (χ1n) is 9.92. The molecule has 1 fully saturated rings. The van der Waals surface area contributed by atoms with E-state index in [0.717, 1.165) is 0 Å². The zero-order chi connectivity index (χ0) is 25.1. The molecule has 1 N–H and O–H groups in total. The van der Waals surface area contributed by atoms with Gasteiger partial charge in [-0.2, -0.15) is 0 Å². The van der Waals surface area contributed by atoms with Gasteiger partial charge in [-0.05, 0) is 60.2 Å². The van der Waals surface area contributed by atoms with Gasteiger partial charge in [0.1, 0.15) is 5.75 Å². The number of carbonyl (C=O) groups excluding carboxylic acids is 2. The zero-order valence-electron chi connectivity index (χ0n) is 17.6. The molecule has 4 rings (SSSR count). The van der Waals surface area contributed by atoms with Crippen molar-refractivity contribution in [1.82, 2.24) is 0 Å². The summed E-state index contributed by atoms with van der Waals surface area (Å²) in [7, 11) is 0. The Morgan fingerprint density at radius 3 is 2.40 bits per heavy atom. The highest BCUT2D eigenvalue weighted by Crippen LogP contribution is 2.38. The van der Waals surface area contributed by atoms with E-state index in [1.807, 2.05) is 6.07 Å². The van der Waals surface area contributed by atoms with Gasteiger partial charge in [-0.3, -0.25) is 14.5 Å². The summed E-state index contributed by atoms with van der Waals surface area (Å²) < 4.78 is 5.99. The molecule has 0 saturated carbocycles. The van der Waals surface area contributed by atoms with Crippen molar-refractivity contribution in [1.29, 1.82) is 0 Å². The van der Waals surface area contributed by atoms with Gasteiger partial charge in [0.2, 0.25) is 0 Å². The van der Waals surface area contributed by atoms with Crippen molar-refractivity contribution in [2.24, 2.45) is 0 Å². The summed E-state index contributed by atoms with van der Waals surface area (Å²) in [5, 5.41) is 4.14. The van der Waals surface area contributed by atoms with Crippen LogP contribution in [0.25, 0.3) is 6.08 Å². The number of rotatable bonds is 6. The van der Waals surface area contributed by atoms with E-state index in [0.29, 0.717) is 52.0 Å². The predicted octanol–water partition coefficient (Wildman–Crippen LogP) is 7.72. The fraction of sp³-hybridized carbons (Fsp3) is 0.0417. The Bertz CT molecular complexity index is 1380. The molecular weight excluding hydrogens is 570 g/mol. The van der Waals surface area contributed by atoms with E-state index in [-0.39, 0.29) is 18.4 Å². The first-order valence-corrected chi connectivity index (χ1v) is 12.7. The monoisotopic (exact) mass is 582 g/mol. The van der Waals surface area contributed by atoms with E-state index in [1.165, 1.54) is 16.7 Å². The van der Waals surface area contributed by atoms with E-state index in [1.54, 1.807) is 60.7 Å². The van der Waals surface area contributed by atoms with Crippen LogP contribution in [0.4, 0.5) is 11.4 Å². The normalized spacial score (nSPS) is 14.5. The number of thioether (sulfide) groups is 1. The maximum absolute atomic E-state index is 13.0. The molecule has 11 heteroatoms. The highest BCUT2D eigenvalue weighted by atomic mass is 35.5. The number of hydrogen-bond donors (Lipinski definition) is 1. The Labute approximate surface area is 230 Å². The third kappa shape index (κ3) is 6.30. The lowest BCUT2D eigenvalue weighted by atomic mass is 10.2. The van der Waals surface area contributed by atoms with Crippen LogP contribution < -0.4 is 15.0 Å². The Morgan fingerprint density at radius 1 is 0.971 bits per heavy atom. The number of anilines is 2. The minimum atomic E-state index is -0.365. The Balaban J connectivity index is 1.43. The summed E-state index contributed by atoms with van der Waals surface area (Å²) in [6.45, 7) is -0.219. The maximum atomic E-state index is 13.0. The number of nitrogens with one attached hydrogen (secondary N) is 1. The molecule has 1 aliphatic heterocycles. The highest BCUT2D eigenvalue weighted by Gasteiger charge is 2.33. The lowest BCUT2D eigenvalue weighted by molar-refractivity contribution is -0.118. The van der Waals surface area contributed by atoms with Crippen molar-refractivity contribution in [3.63, 3.8) is 0 Å². The number of ether oxygens (including phenoxy) is 1. The van der Waals surface area contributed by atoms with Crippen LogP contribution in [0.2, 0.25) is 20.1 Å². The van der Waals surface area contributed by atoms with Crippen molar-refractivity contribution < 1.29 is 14.3 Å². The number of hydrogen-bond acceptors (Lipinski definition) is 5. The molecule has 0 aliphatic carbocycles. The fourth-order valence-corrected chi connectivity index (χ4v) is 4.97. The first-order chi connectivity index (χ1) is 16.7. The summed E-state index contributed by atoms with van der Waals surface area (Å²) in [5.74, 6) is -0.176. The van der Waals surface area contributed by atoms with Gasteiger partial charge in [-0.15, -0.1) is 0 Å². The van der Waals surface area contributed by atoms with Crippen LogP contribution in [0.1, 0.15) is 5.56 Å². The molecule has 3 aromatic carbocycles. The van der Waals surface area contributed by atoms with Gasteiger partial charge in [0.25, 0.3) is 11.8 Å². The molecule has 0 radical (unpaired) electrons. The van der Waals surface area contributed by atoms with E-state index in [4.69, 9.17) is 63.4 Å². The molecule has 0 bridgehead atoms. The summed E-state index contributed by atoms with van der Waals surface area (Å²) in [4.78, 5) is 27.1. The van der Waals surface area contributed by atoms with Crippen LogP contribution >= 0.6 is 70.4 Å². The van der Waals surface area contributed by atoms with Gasteiger partial charge >= 0.3 is 0 Å². The molecular formula is C24H14Cl4N2O3S2. The van der Waals surface area contributed by atoms with Crippen molar-refractivity contribution in [2.45, 2.75) is 0 Å². The largest absolute Gasteiger partial charge is 0.484 e. The number of halogens is 4. The van der Waals surface area contributed by atoms with Crippen molar-refractivity contribution in [3.05, 3.63) is 91.2 Å². The standard InChI is InChI=1S/C24H14Cl4N2O3S2/c25-17-6-4-14(10-19(17)27)29-22(31)12-33-16-3-1-2-13(8-16)9-21-23(32)30(24(34)35-21)15-5-7-18(26)20(28)11-15/h1-11H,12H2,(H,29,31)/b21-9-. The van der Waals surface area contributed by atoms with Crippen molar-refractivity contribution >= 4 is 104 Å². The second-order valence-corrected chi connectivity index (χ2v) is 10.5. The van der Waals surface area contributed by atoms with E-state index in [2.05, 4.69) is 5.32 Å². The lowest BCUT2D eigenvalue weighted by Crippen LogP contribution is -2.27. The number of carbonyl (C=O) groups is 2. The van der Waals surface area contributed by atoms with Crippen LogP contribution in [-0.4, -0.2) is 22.7 Å². The minimum absolute atomic E-state index is 0.219. The van der Waals surface area contributed by atoms with Gasteiger partial charge in [0.05, 0.1) is 30.7 Å². The molecule has 2 amide bonds. The third-order valence-electron chi connectivity index (χ3n) is 4.68. The average molecular weight is 584 g/mol. The Hall–Kier alpha value is -2.26. The fourth-order valence-electron chi connectivity index (χ4n) is 3.08. The maximum Gasteiger partial charge on any atom is 0.270 e. The second kappa shape index (κ2) is 11.2. The number of benzene rings is 3. The zero-order valence-corrected chi connectivity index (χ0v) is 22.2. The molecule has 3 aromatic rings. The van der Waals surface area contributed by atoms with Crippen LogP contribution in [-0.2, 0) is 9.59 Å². The smallest absolute Gasteiger partial charge is 0.270 e. The van der Waals surface area contributed by atoms with Gasteiger partial charge in [0, 0.05) is 5.69 Å². The molecule has 0 spiro atoms. The molecule has 178 valence electrons. The molecule has 0 aromatic heterocycles. The Morgan fingerprint density at radius 2 is 1.69 bits per heavy atom. The molecule has 1 saturated heterocycles.